The average molecular weight is 343 g/mol. The number of carbonyl (C=O) groups is 2. The molecule has 0 spiro atoms. The van der Waals surface area contributed by atoms with Gasteiger partial charge in [-0.1, -0.05) is 56.7 Å². The molecule has 0 aliphatic heterocycles. The van der Waals surface area contributed by atoms with Crippen LogP contribution in [0.4, 0.5) is 0 Å². The maximum Gasteiger partial charge on any atom is 0.133 e. The van der Waals surface area contributed by atoms with Gasteiger partial charge in [-0.2, -0.15) is 0 Å². The number of rotatable bonds is 11. The van der Waals surface area contributed by atoms with Crippen LogP contribution in [0, 0.1) is 11.8 Å². The van der Waals surface area contributed by atoms with E-state index < -0.39 is 0 Å². The predicted molar refractivity (Wildman–Crippen MR) is 106 cm³/mol. The van der Waals surface area contributed by atoms with Crippen molar-refractivity contribution >= 4 is 12.1 Å². The molecule has 2 heteroatoms. The van der Waals surface area contributed by atoms with Crippen LogP contribution in [0.2, 0.25) is 0 Å². The molecule has 0 saturated heterocycles. The summed E-state index contributed by atoms with van der Waals surface area (Å²) in [5.41, 5.74) is 3.75. The summed E-state index contributed by atoms with van der Waals surface area (Å²) in [5.74, 6) is 0.883. The van der Waals surface area contributed by atoms with Gasteiger partial charge in [-0.05, 0) is 56.1 Å². The average Bonchev–Trinajstić information content (AvgIpc) is 2.54. The number of carbonyl (C=O) groups excluding carboxylic acids is 2. The van der Waals surface area contributed by atoms with Crippen LogP contribution in [0.1, 0.15) is 77.3 Å². The van der Waals surface area contributed by atoms with Gasteiger partial charge in [0.1, 0.15) is 12.1 Å². The van der Waals surface area contributed by atoms with Crippen LogP contribution in [0.3, 0.4) is 0 Å². The number of hydrogen-bond acceptors (Lipinski definition) is 2. The largest absolute Gasteiger partial charge is 0.303 e. The van der Waals surface area contributed by atoms with Crippen LogP contribution in [-0.2, 0) is 16.0 Å². The highest BCUT2D eigenvalue weighted by Gasteiger charge is 2.16. The molecular formula is C23H34O2. The third-order valence-corrected chi connectivity index (χ3v) is 4.61. The van der Waals surface area contributed by atoms with E-state index in [-0.39, 0.29) is 11.7 Å². The van der Waals surface area contributed by atoms with Crippen LogP contribution < -0.4 is 0 Å². The Kier molecular flexibility index (Phi) is 9.41. The van der Waals surface area contributed by atoms with E-state index in [1.54, 1.807) is 0 Å². The molecule has 2 nitrogen and oxygen atoms in total. The summed E-state index contributed by atoms with van der Waals surface area (Å²) in [6, 6.07) is 8.40. The lowest BCUT2D eigenvalue weighted by Gasteiger charge is -2.13. The fourth-order valence-corrected chi connectivity index (χ4v) is 3.03. The summed E-state index contributed by atoms with van der Waals surface area (Å²) < 4.78 is 0. The zero-order valence-electron chi connectivity index (χ0n) is 16.5. The Bertz CT molecular complexity index is 562. The summed E-state index contributed by atoms with van der Waals surface area (Å²) >= 11 is 0. The maximum absolute atomic E-state index is 12.3. The van der Waals surface area contributed by atoms with E-state index in [4.69, 9.17) is 0 Å². The molecule has 1 aromatic carbocycles. The minimum absolute atomic E-state index is 0.206. The Morgan fingerprint density at radius 3 is 2.20 bits per heavy atom. The molecular weight excluding hydrogens is 308 g/mol. The predicted octanol–water partition coefficient (Wildman–Crippen LogP) is 5.90. The molecule has 2 atom stereocenters. The number of aldehydes is 1. The van der Waals surface area contributed by atoms with Gasteiger partial charge >= 0.3 is 0 Å². The monoisotopic (exact) mass is 342 g/mol. The third kappa shape index (κ3) is 8.81. The lowest BCUT2D eigenvalue weighted by Crippen LogP contribution is -2.15. The first-order chi connectivity index (χ1) is 11.8. The second-order valence-corrected chi connectivity index (χ2v) is 7.91. The van der Waals surface area contributed by atoms with Gasteiger partial charge in [0, 0.05) is 18.8 Å². The van der Waals surface area contributed by atoms with Crippen molar-refractivity contribution in [1.82, 2.24) is 0 Å². The molecule has 0 bridgehead atoms. The van der Waals surface area contributed by atoms with Gasteiger partial charge in [0.2, 0.25) is 0 Å². The molecule has 138 valence electrons. The van der Waals surface area contributed by atoms with Crippen LogP contribution in [0.5, 0.6) is 0 Å². The summed E-state index contributed by atoms with van der Waals surface area (Å²) in [6.45, 7) is 10.6. The molecule has 2 unspecified atom stereocenters. The normalized spacial score (nSPS) is 13.4. The van der Waals surface area contributed by atoms with Gasteiger partial charge in [-0.15, -0.1) is 0 Å². The summed E-state index contributed by atoms with van der Waals surface area (Å²) in [4.78, 5) is 23.7. The van der Waals surface area contributed by atoms with E-state index >= 15 is 0 Å². The van der Waals surface area contributed by atoms with Gasteiger partial charge in [0.25, 0.3) is 0 Å². The van der Waals surface area contributed by atoms with E-state index in [0.29, 0.717) is 31.1 Å². The zero-order chi connectivity index (χ0) is 18.8. The van der Waals surface area contributed by atoms with Crippen molar-refractivity contribution in [3.05, 3.63) is 47.0 Å². The van der Waals surface area contributed by atoms with Crippen LogP contribution >= 0.6 is 0 Å². The van der Waals surface area contributed by atoms with E-state index in [2.05, 4.69) is 65.0 Å². The first-order valence-corrected chi connectivity index (χ1v) is 9.51. The SMILES string of the molecule is CC(C)=CCCC(C)CC(=O)CC(C=O)Cc1ccc(C(C)C)cc1. The minimum atomic E-state index is -0.206. The minimum Gasteiger partial charge on any atom is -0.303 e. The molecule has 0 saturated carbocycles. The number of benzene rings is 1. The highest BCUT2D eigenvalue weighted by atomic mass is 16.1. The zero-order valence-corrected chi connectivity index (χ0v) is 16.5. The fourth-order valence-electron chi connectivity index (χ4n) is 3.03. The first-order valence-electron chi connectivity index (χ1n) is 9.51. The van der Waals surface area contributed by atoms with E-state index in [9.17, 15) is 9.59 Å². The molecule has 25 heavy (non-hydrogen) atoms. The Hall–Kier alpha value is -1.70. The molecule has 0 aromatic heterocycles. The molecule has 0 radical (unpaired) electrons. The molecule has 1 aromatic rings. The number of allylic oxidation sites excluding steroid dienone is 2. The maximum atomic E-state index is 12.3. The van der Waals surface area contributed by atoms with Crippen molar-refractivity contribution < 1.29 is 9.59 Å². The Balaban J connectivity index is 2.47. The molecule has 0 N–H and O–H groups in total. The summed E-state index contributed by atoms with van der Waals surface area (Å²) in [6.07, 6.45) is 6.81. The van der Waals surface area contributed by atoms with Crippen LogP contribution in [-0.4, -0.2) is 12.1 Å². The van der Waals surface area contributed by atoms with E-state index in [0.717, 1.165) is 24.7 Å². The van der Waals surface area contributed by atoms with Crippen molar-refractivity contribution in [2.75, 3.05) is 0 Å². The van der Waals surface area contributed by atoms with Gasteiger partial charge in [0.05, 0.1) is 0 Å². The van der Waals surface area contributed by atoms with Crippen molar-refractivity contribution in [2.24, 2.45) is 11.8 Å². The van der Waals surface area contributed by atoms with Crippen molar-refractivity contribution in [3.63, 3.8) is 0 Å². The second kappa shape index (κ2) is 11.0. The standard InChI is InChI=1S/C23H34O2/c1-17(2)7-6-8-19(5)13-23(25)15-21(16-24)14-20-9-11-22(12-10-20)18(3)4/h7,9-12,16,18-19,21H,6,8,13-15H2,1-5H3. The van der Waals surface area contributed by atoms with Gasteiger partial charge < -0.3 is 4.79 Å². The van der Waals surface area contributed by atoms with E-state index in [1.807, 2.05) is 0 Å². The van der Waals surface area contributed by atoms with Crippen LogP contribution in [0.25, 0.3) is 0 Å². The molecule has 1 rings (SSSR count). The second-order valence-electron chi connectivity index (χ2n) is 7.91. The first kappa shape index (κ1) is 21.3. The molecule has 0 aliphatic rings. The van der Waals surface area contributed by atoms with Crippen molar-refractivity contribution in [2.45, 2.75) is 72.6 Å². The molecule has 0 fully saturated rings. The number of Topliss-reactive ketones (excluding diaryl/α,β-unsaturated/α-hetero) is 1. The molecule has 0 amide bonds. The van der Waals surface area contributed by atoms with Crippen molar-refractivity contribution in [3.8, 4) is 0 Å². The van der Waals surface area contributed by atoms with Crippen LogP contribution in [0.15, 0.2) is 35.9 Å². The topological polar surface area (TPSA) is 34.1 Å². The summed E-state index contributed by atoms with van der Waals surface area (Å²) in [5, 5.41) is 0. The van der Waals surface area contributed by atoms with E-state index in [1.165, 1.54) is 11.1 Å². The Morgan fingerprint density at radius 1 is 1.04 bits per heavy atom. The Labute approximate surface area is 153 Å². The van der Waals surface area contributed by atoms with Gasteiger partial charge in [0.15, 0.2) is 0 Å². The Morgan fingerprint density at radius 2 is 1.68 bits per heavy atom. The lowest BCUT2D eigenvalue weighted by atomic mass is 9.90. The number of ketones is 1. The fraction of sp³-hybridized carbons (Fsp3) is 0.565. The highest BCUT2D eigenvalue weighted by Crippen LogP contribution is 2.19. The third-order valence-electron chi connectivity index (χ3n) is 4.61. The van der Waals surface area contributed by atoms with Crippen molar-refractivity contribution in [1.29, 1.82) is 0 Å². The quantitative estimate of drug-likeness (QED) is 0.370. The van der Waals surface area contributed by atoms with Gasteiger partial charge in [-0.25, -0.2) is 0 Å². The highest BCUT2D eigenvalue weighted by molar-refractivity contribution is 5.81. The molecule has 0 aliphatic carbocycles. The summed E-state index contributed by atoms with van der Waals surface area (Å²) in [7, 11) is 0. The number of hydrogen-bond donors (Lipinski definition) is 0. The molecule has 0 heterocycles. The lowest BCUT2D eigenvalue weighted by molar-refractivity contribution is -0.123. The smallest absolute Gasteiger partial charge is 0.133 e. The van der Waals surface area contributed by atoms with Gasteiger partial charge in [-0.3, -0.25) is 4.79 Å².